The summed E-state index contributed by atoms with van der Waals surface area (Å²) in [6.45, 7) is 0.349. The van der Waals surface area contributed by atoms with Crippen molar-refractivity contribution in [3.63, 3.8) is 0 Å². The Kier molecular flexibility index (Phi) is 4.98. The van der Waals surface area contributed by atoms with Crippen LogP contribution in [0.3, 0.4) is 0 Å². The van der Waals surface area contributed by atoms with Crippen molar-refractivity contribution in [3.05, 3.63) is 84.2 Å². The van der Waals surface area contributed by atoms with Crippen LogP contribution in [-0.4, -0.2) is 24.2 Å². The van der Waals surface area contributed by atoms with E-state index in [0.717, 1.165) is 11.3 Å². The minimum Gasteiger partial charge on any atom is -0.454 e. The van der Waals surface area contributed by atoms with Crippen LogP contribution in [0.2, 0.25) is 0 Å². The van der Waals surface area contributed by atoms with Crippen molar-refractivity contribution in [1.29, 1.82) is 0 Å². The minimum absolute atomic E-state index is 0.143. The number of anilines is 1. The minimum atomic E-state index is -0.171. The fraction of sp³-hybridized carbons (Fsp3) is 0.143. The first kappa shape index (κ1) is 17.1. The molecule has 6 heteroatoms. The van der Waals surface area contributed by atoms with Gasteiger partial charge in [-0.1, -0.05) is 36.4 Å². The predicted octanol–water partition coefficient (Wildman–Crippen LogP) is 3.13. The van der Waals surface area contributed by atoms with E-state index in [-0.39, 0.29) is 25.3 Å². The van der Waals surface area contributed by atoms with Gasteiger partial charge >= 0.3 is 0 Å². The maximum atomic E-state index is 12.4. The summed E-state index contributed by atoms with van der Waals surface area (Å²) in [5.74, 6) is 1.17. The standard InChI is InChI=1S/C21H19N3O3/c25-20(24-16-9-10-18-19(12-16)27-14-26-18)13-23-21(15-6-2-1-3-7-15)17-8-4-5-11-22-17/h1-12,21,23H,13-14H2,(H,24,25). The molecule has 1 atom stereocenters. The molecule has 4 rings (SSSR count). The van der Waals surface area contributed by atoms with Crippen LogP contribution in [0.5, 0.6) is 11.5 Å². The second kappa shape index (κ2) is 7.88. The third-order valence-electron chi connectivity index (χ3n) is 4.24. The second-order valence-electron chi connectivity index (χ2n) is 6.10. The Morgan fingerprint density at radius 2 is 1.81 bits per heavy atom. The Labute approximate surface area is 157 Å². The highest BCUT2D eigenvalue weighted by atomic mass is 16.7. The molecule has 0 fully saturated rings. The lowest BCUT2D eigenvalue weighted by atomic mass is 10.0. The van der Waals surface area contributed by atoms with Gasteiger partial charge in [0.2, 0.25) is 12.7 Å². The summed E-state index contributed by atoms with van der Waals surface area (Å²) in [7, 11) is 0. The number of carbonyl (C=O) groups excluding carboxylic acids is 1. The van der Waals surface area contributed by atoms with E-state index in [0.29, 0.717) is 17.2 Å². The molecule has 3 aromatic rings. The molecule has 0 radical (unpaired) electrons. The average molecular weight is 361 g/mol. The van der Waals surface area contributed by atoms with Crippen molar-refractivity contribution >= 4 is 11.6 Å². The topological polar surface area (TPSA) is 72.5 Å². The van der Waals surface area contributed by atoms with Crippen molar-refractivity contribution < 1.29 is 14.3 Å². The van der Waals surface area contributed by atoms with Crippen LogP contribution >= 0.6 is 0 Å². The number of rotatable bonds is 6. The van der Waals surface area contributed by atoms with Crippen LogP contribution in [0.1, 0.15) is 17.3 Å². The Morgan fingerprint density at radius 3 is 2.63 bits per heavy atom. The molecule has 0 spiro atoms. The van der Waals surface area contributed by atoms with E-state index in [1.807, 2.05) is 48.5 Å². The molecular formula is C21H19N3O3. The molecule has 0 saturated carbocycles. The SMILES string of the molecule is O=C(CNC(c1ccccc1)c1ccccn1)Nc1ccc2c(c1)OCO2. The van der Waals surface area contributed by atoms with E-state index in [2.05, 4.69) is 15.6 Å². The summed E-state index contributed by atoms with van der Waals surface area (Å²) in [6.07, 6.45) is 1.75. The number of hydrogen-bond acceptors (Lipinski definition) is 5. The number of aromatic nitrogens is 1. The van der Waals surface area contributed by atoms with Gasteiger partial charge < -0.3 is 14.8 Å². The van der Waals surface area contributed by atoms with Gasteiger partial charge in [-0.05, 0) is 29.8 Å². The van der Waals surface area contributed by atoms with E-state index in [4.69, 9.17) is 9.47 Å². The van der Waals surface area contributed by atoms with Gasteiger partial charge in [-0.25, -0.2) is 0 Å². The van der Waals surface area contributed by atoms with Gasteiger partial charge in [0.1, 0.15) is 0 Å². The fourth-order valence-electron chi connectivity index (χ4n) is 2.96. The van der Waals surface area contributed by atoms with Crippen LogP contribution in [-0.2, 0) is 4.79 Å². The third kappa shape index (κ3) is 4.07. The van der Waals surface area contributed by atoms with Crippen molar-refractivity contribution in [3.8, 4) is 11.5 Å². The third-order valence-corrected chi connectivity index (χ3v) is 4.24. The lowest BCUT2D eigenvalue weighted by molar-refractivity contribution is -0.115. The summed E-state index contributed by atoms with van der Waals surface area (Å²) in [6, 6.07) is 20.9. The smallest absolute Gasteiger partial charge is 0.238 e. The maximum absolute atomic E-state index is 12.4. The number of hydrogen-bond donors (Lipinski definition) is 2. The van der Waals surface area contributed by atoms with Gasteiger partial charge in [-0.2, -0.15) is 0 Å². The number of fused-ring (bicyclic) bond motifs is 1. The van der Waals surface area contributed by atoms with Gasteiger partial charge in [-0.15, -0.1) is 0 Å². The van der Waals surface area contributed by atoms with Crippen LogP contribution in [0.15, 0.2) is 72.9 Å². The summed E-state index contributed by atoms with van der Waals surface area (Å²) >= 11 is 0. The normalized spacial score (nSPS) is 13.2. The van der Waals surface area contributed by atoms with Gasteiger partial charge in [0.25, 0.3) is 0 Å². The zero-order valence-corrected chi connectivity index (χ0v) is 14.6. The molecular weight excluding hydrogens is 342 g/mol. The zero-order chi connectivity index (χ0) is 18.5. The van der Waals surface area contributed by atoms with Crippen LogP contribution in [0, 0.1) is 0 Å². The summed E-state index contributed by atoms with van der Waals surface area (Å²) in [4.78, 5) is 16.8. The first-order chi connectivity index (χ1) is 13.3. The highest BCUT2D eigenvalue weighted by Gasteiger charge is 2.17. The molecule has 6 nitrogen and oxygen atoms in total. The highest BCUT2D eigenvalue weighted by molar-refractivity contribution is 5.92. The summed E-state index contributed by atoms with van der Waals surface area (Å²) < 4.78 is 10.6. The largest absolute Gasteiger partial charge is 0.454 e. The average Bonchev–Trinajstić information content (AvgIpc) is 3.18. The number of benzene rings is 2. The number of nitrogens with one attached hydrogen (secondary N) is 2. The molecule has 1 aliphatic rings. The first-order valence-corrected chi connectivity index (χ1v) is 8.68. The van der Waals surface area contributed by atoms with Gasteiger partial charge in [0, 0.05) is 18.0 Å². The molecule has 0 aliphatic carbocycles. The van der Waals surface area contributed by atoms with E-state index in [1.54, 1.807) is 24.4 Å². The lowest BCUT2D eigenvalue weighted by Crippen LogP contribution is -2.32. The number of nitrogens with zero attached hydrogens (tertiary/aromatic N) is 1. The summed E-state index contributed by atoms with van der Waals surface area (Å²) in [5.41, 5.74) is 2.58. The maximum Gasteiger partial charge on any atom is 0.238 e. The van der Waals surface area contributed by atoms with Gasteiger partial charge in [0.15, 0.2) is 11.5 Å². The van der Waals surface area contributed by atoms with E-state index in [9.17, 15) is 4.79 Å². The molecule has 0 bridgehead atoms. The van der Waals surface area contributed by atoms with Crippen molar-refractivity contribution in [2.45, 2.75) is 6.04 Å². The molecule has 1 aromatic heterocycles. The Balaban J connectivity index is 1.44. The van der Waals surface area contributed by atoms with E-state index in [1.165, 1.54) is 0 Å². The zero-order valence-electron chi connectivity index (χ0n) is 14.6. The van der Waals surface area contributed by atoms with Gasteiger partial charge in [0.05, 0.1) is 18.3 Å². The van der Waals surface area contributed by atoms with Crippen LogP contribution in [0.4, 0.5) is 5.69 Å². The molecule has 1 aliphatic heterocycles. The number of carbonyl (C=O) groups is 1. The van der Waals surface area contributed by atoms with Crippen molar-refractivity contribution in [2.75, 3.05) is 18.7 Å². The molecule has 1 unspecified atom stereocenters. The number of pyridine rings is 1. The first-order valence-electron chi connectivity index (χ1n) is 8.68. The van der Waals surface area contributed by atoms with Crippen molar-refractivity contribution in [1.82, 2.24) is 10.3 Å². The number of amides is 1. The monoisotopic (exact) mass is 361 g/mol. The quantitative estimate of drug-likeness (QED) is 0.706. The lowest BCUT2D eigenvalue weighted by Gasteiger charge is -2.18. The Bertz CT molecular complexity index is 877. The molecule has 0 saturated heterocycles. The van der Waals surface area contributed by atoms with E-state index >= 15 is 0 Å². The molecule has 1 amide bonds. The highest BCUT2D eigenvalue weighted by Crippen LogP contribution is 2.34. The predicted molar refractivity (Wildman–Crippen MR) is 102 cm³/mol. The van der Waals surface area contributed by atoms with Gasteiger partial charge in [-0.3, -0.25) is 15.1 Å². The molecule has 27 heavy (non-hydrogen) atoms. The fourth-order valence-corrected chi connectivity index (χ4v) is 2.96. The van der Waals surface area contributed by atoms with Crippen LogP contribution < -0.4 is 20.1 Å². The number of ether oxygens (including phenoxy) is 2. The molecule has 2 aromatic carbocycles. The van der Waals surface area contributed by atoms with Crippen LogP contribution in [0.25, 0.3) is 0 Å². The molecule has 2 heterocycles. The second-order valence-corrected chi connectivity index (χ2v) is 6.10. The van der Waals surface area contributed by atoms with Crippen molar-refractivity contribution in [2.24, 2.45) is 0 Å². The molecule has 136 valence electrons. The van der Waals surface area contributed by atoms with E-state index < -0.39 is 0 Å². The Hall–Kier alpha value is -3.38. The molecule has 2 N–H and O–H groups in total. The Morgan fingerprint density at radius 1 is 1.00 bits per heavy atom. The summed E-state index contributed by atoms with van der Waals surface area (Å²) in [5, 5.41) is 6.17.